The number of ether oxygens (including phenoxy) is 2. The Morgan fingerprint density at radius 3 is 2.72 bits per heavy atom. The first-order valence-corrected chi connectivity index (χ1v) is 8.40. The molecule has 4 heteroatoms. The lowest BCUT2D eigenvalue weighted by molar-refractivity contribution is -0.139. The first-order chi connectivity index (χ1) is 12.1. The Kier molecular flexibility index (Phi) is 5.08. The number of aryl methyl sites for hydroxylation is 2. The lowest BCUT2D eigenvalue weighted by Crippen LogP contribution is -2.06. The van der Waals surface area contributed by atoms with Gasteiger partial charge in [-0.25, -0.2) is 0 Å². The van der Waals surface area contributed by atoms with Crippen LogP contribution in [0.3, 0.4) is 0 Å². The zero-order valence-electron chi connectivity index (χ0n) is 14.8. The molecular weight excluding hydrogens is 316 g/mol. The summed E-state index contributed by atoms with van der Waals surface area (Å²) in [7, 11) is 1.39. The number of para-hydroxylation sites is 1. The van der Waals surface area contributed by atoms with E-state index in [1.807, 2.05) is 31.2 Å². The molecular formula is C21H22O4. The molecule has 1 heterocycles. The average Bonchev–Trinajstić information content (AvgIpc) is 3.05. The van der Waals surface area contributed by atoms with Gasteiger partial charge in [0.05, 0.1) is 13.5 Å². The maximum atomic E-state index is 11.5. The van der Waals surface area contributed by atoms with Gasteiger partial charge in [0.1, 0.15) is 23.7 Å². The van der Waals surface area contributed by atoms with Gasteiger partial charge in [-0.2, -0.15) is 0 Å². The number of methoxy groups -OCH3 is 1. The lowest BCUT2D eigenvalue weighted by atomic mass is 10.1. The van der Waals surface area contributed by atoms with Gasteiger partial charge in [-0.1, -0.05) is 25.1 Å². The smallest absolute Gasteiger partial charge is 0.310 e. The minimum atomic E-state index is -0.279. The SMILES string of the molecule is CCc1cc2cc(COc3ccccc3CC(=O)OC)cc(C)c2o1. The third kappa shape index (κ3) is 3.85. The Morgan fingerprint density at radius 1 is 1.16 bits per heavy atom. The summed E-state index contributed by atoms with van der Waals surface area (Å²) in [6.45, 7) is 4.55. The van der Waals surface area contributed by atoms with Crippen molar-refractivity contribution in [1.82, 2.24) is 0 Å². The van der Waals surface area contributed by atoms with Crippen molar-refractivity contribution in [3.63, 3.8) is 0 Å². The summed E-state index contributed by atoms with van der Waals surface area (Å²) in [6, 6.07) is 13.8. The maximum Gasteiger partial charge on any atom is 0.310 e. The van der Waals surface area contributed by atoms with Crippen molar-refractivity contribution in [3.8, 4) is 5.75 Å². The quantitative estimate of drug-likeness (QED) is 0.616. The normalized spacial score (nSPS) is 10.8. The van der Waals surface area contributed by atoms with E-state index >= 15 is 0 Å². The van der Waals surface area contributed by atoms with E-state index in [1.165, 1.54) is 7.11 Å². The van der Waals surface area contributed by atoms with Crippen LogP contribution in [0.25, 0.3) is 11.0 Å². The fourth-order valence-corrected chi connectivity index (χ4v) is 2.90. The summed E-state index contributed by atoms with van der Waals surface area (Å²) in [5.74, 6) is 1.41. The van der Waals surface area contributed by atoms with Gasteiger partial charge < -0.3 is 13.9 Å². The predicted octanol–water partition coefficient (Wildman–Crippen LogP) is 4.60. The van der Waals surface area contributed by atoms with Crippen molar-refractivity contribution in [2.24, 2.45) is 0 Å². The number of esters is 1. The van der Waals surface area contributed by atoms with Crippen molar-refractivity contribution < 1.29 is 18.7 Å². The lowest BCUT2D eigenvalue weighted by Gasteiger charge is -2.11. The van der Waals surface area contributed by atoms with E-state index in [0.29, 0.717) is 12.4 Å². The van der Waals surface area contributed by atoms with E-state index in [4.69, 9.17) is 13.9 Å². The van der Waals surface area contributed by atoms with Crippen LogP contribution in [0.1, 0.15) is 29.4 Å². The van der Waals surface area contributed by atoms with Crippen LogP contribution in [0.15, 0.2) is 46.9 Å². The van der Waals surface area contributed by atoms with Crippen LogP contribution in [0, 0.1) is 6.92 Å². The Labute approximate surface area is 147 Å². The topological polar surface area (TPSA) is 48.7 Å². The molecule has 0 bridgehead atoms. The fraction of sp³-hybridized carbons (Fsp3) is 0.286. The van der Waals surface area contributed by atoms with Crippen LogP contribution in [0.5, 0.6) is 5.75 Å². The number of benzene rings is 2. The first kappa shape index (κ1) is 17.1. The number of fused-ring (bicyclic) bond motifs is 1. The number of hydrogen-bond donors (Lipinski definition) is 0. The summed E-state index contributed by atoms with van der Waals surface area (Å²) in [4.78, 5) is 11.5. The fourth-order valence-electron chi connectivity index (χ4n) is 2.90. The second-order valence-electron chi connectivity index (χ2n) is 6.05. The standard InChI is InChI=1S/C21H22O4/c1-4-18-11-17-10-15(9-14(2)21(17)25-18)13-24-19-8-6-5-7-16(19)12-20(22)23-3/h5-11H,4,12-13H2,1-3H3. The summed E-state index contributed by atoms with van der Waals surface area (Å²) in [5, 5.41) is 1.10. The van der Waals surface area contributed by atoms with Crippen LogP contribution >= 0.6 is 0 Å². The second kappa shape index (κ2) is 7.43. The minimum absolute atomic E-state index is 0.201. The number of hydrogen-bond acceptors (Lipinski definition) is 4. The molecule has 0 fully saturated rings. The molecule has 25 heavy (non-hydrogen) atoms. The van der Waals surface area contributed by atoms with Crippen molar-refractivity contribution in [1.29, 1.82) is 0 Å². The van der Waals surface area contributed by atoms with Gasteiger partial charge in [0.15, 0.2) is 0 Å². The van der Waals surface area contributed by atoms with E-state index in [0.717, 1.165) is 39.8 Å². The van der Waals surface area contributed by atoms with Crippen LogP contribution in [0.2, 0.25) is 0 Å². The van der Waals surface area contributed by atoms with Crippen molar-refractivity contribution in [3.05, 3.63) is 64.9 Å². The third-order valence-corrected chi connectivity index (χ3v) is 4.19. The largest absolute Gasteiger partial charge is 0.489 e. The predicted molar refractivity (Wildman–Crippen MR) is 96.8 cm³/mol. The molecule has 0 aliphatic heterocycles. The first-order valence-electron chi connectivity index (χ1n) is 8.40. The van der Waals surface area contributed by atoms with Crippen LogP contribution in [0.4, 0.5) is 0 Å². The average molecular weight is 338 g/mol. The Balaban J connectivity index is 1.80. The highest BCUT2D eigenvalue weighted by atomic mass is 16.5. The Morgan fingerprint density at radius 2 is 1.96 bits per heavy atom. The zero-order chi connectivity index (χ0) is 17.8. The third-order valence-electron chi connectivity index (χ3n) is 4.19. The van der Waals surface area contributed by atoms with Gasteiger partial charge in [0.2, 0.25) is 0 Å². The highest BCUT2D eigenvalue weighted by Gasteiger charge is 2.11. The zero-order valence-corrected chi connectivity index (χ0v) is 14.8. The Hall–Kier alpha value is -2.75. The Bertz CT molecular complexity index is 892. The second-order valence-corrected chi connectivity index (χ2v) is 6.05. The molecule has 0 amide bonds. The molecule has 0 unspecified atom stereocenters. The van der Waals surface area contributed by atoms with Gasteiger partial charge in [-0.3, -0.25) is 4.79 Å². The molecule has 0 radical (unpaired) electrons. The molecule has 2 aromatic carbocycles. The van der Waals surface area contributed by atoms with E-state index < -0.39 is 0 Å². The molecule has 0 saturated heterocycles. The van der Waals surface area contributed by atoms with Gasteiger partial charge in [0.25, 0.3) is 0 Å². The molecule has 0 saturated carbocycles. The molecule has 4 nitrogen and oxygen atoms in total. The summed E-state index contributed by atoms with van der Waals surface area (Å²) >= 11 is 0. The summed E-state index contributed by atoms with van der Waals surface area (Å²) in [6.07, 6.45) is 1.08. The van der Waals surface area contributed by atoms with Crippen LogP contribution < -0.4 is 4.74 Å². The number of carbonyl (C=O) groups excluding carboxylic acids is 1. The van der Waals surface area contributed by atoms with Crippen LogP contribution in [-0.2, 0) is 29.0 Å². The molecule has 0 N–H and O–H groups in total. The van der Waals surface area contributed by atoms with E-state index in [-0.39, 0.29) is 12.4 Å². The molecule has 1 aromatic heterocycles. The molecule has 0 spiro atoms. The molecule has 0 aliphatic rings. The van der Waals surface area contributed by atoms with Gasteiger partial charge in [0, 0.05) is 17.4 Å². The van der Waals surface area contributed by atoms with Crippen molar-refractivity contribution in [2.75, 3.05) is 7.11 Å². The van der Waals surface area contributed by atoms with Crippen molar-refractivity contribution in [2.45, 2.75) is 33.3 Å². The van der Waals surface area contributed by atoms with Crippen molar-refractivity contribution >= 4 is 16.9 Å². The number of furan rings is 1. The molecule has 130 valence electrons. The molecule has 3 rings (SSSR count). The van der Waals surface area contributed by atoms with E-state index in [2.05, 4.69) is 25.1 Å². The maximum absolute atomic E-state index is 11.5. The molecule has 0 atom stereocenters. The van der Waals surface area contributed by atoms with Gasteiger partial charge >= 0.3 is 5.97 Å². The highest BCUT2D eigenvalue weighted by molar-refractivity contribution is 5.82. The van der Waals surface area contributed by atoms with E-state index in [1.54, 1.807) is 0 Å². The molecule has 3 aromatic rings. The summed E-state index contributed by atoms with van der Waals surface area (Å²) < 4.78 is 16.6. The monoisotopic (exact) mass is 338 g/mol. The molecule has 0 aliphatic carbocycles. The van der Waals surface area contributed by atoms with Gasteiger partial charge in [-0.15, -0.1) is 0 Å². The highest BCUT2D eigenvalue weighted by Crippen LogP contribution is 2.26. The number of rotatable bonds is 6. The van der Waals surface area contributed by atoms with Gasteiger partial charge in [-0.05, 0) is 42.3 Å². The van der Waals surface area contributed by atoms with E-state index in [9.17, 15) is 4.79 Å². The summed E-state index contributed by atoms with van der Waals surface area (Å²) in [5.41, 5.74) is 3.93. The number of carbonyl (C=O) groups is 1. The van der Waals surface area contributed by atoms with Crippen LogP contribution in [-0.4, -0.2) is 13.1 Å². The minimum Gasteiger partial charge on any atom is -0.489 e.